The Hall–Kier alpha value is -3.25. The highest BCUT2D eigenvalue weighted by Gasteiger charge is 2.12. The molecule has 2 rings (SSSR count). The predicted molar refractivity (Wildman–Crippen MR) is 94.0 cm³/mol. The molecule has 24 heavy (non-hydrogen) atoms. The molecule has 0 saturated heterocycles. The van der Waals surface area contributed by atoms with Crippen LogP contribution in [0, 0.1) is 0 Å². The molecule has 0 aliphatic heterocycles. The summed E-state index contributed by atoms with van der Waals surface area (Å²) < 4.78 is 0. The number of carbonyl (C=O) groups excluding carboxylic acids is 2. The summed E-state index contributed by atoms with van der Waals surface area (Å²) in [6, 6.07) is 11.4. The number of hydrogen-bond donors (Lipinski definition) is 3. The van der Waals surface area contributed by atoms with Crippen LogP contribution in [0.3, 0.4) is 0 Å². The highest BCUT2D eigenvalue weighted by atomic mass is 16.5. The zero-order valence-electron chi connectivity index (χ0n) is 13.1. The van der Waals surface area contributed by atoms with Crippen molar-refractivity contribution in [1.82, 2.24) is 5.48 Å². The standard InChI is InChI=1S/C18H17N3O3/c1-3-6-12-7-5-10-15(16(12)19-2)20-17(22)13-8-4-9-14(11-13)18(23)21-24/h3-11,24H,2H2,1H3,(H,20,22)(H,21,23)/b6-3-. The fraction of sp³-hybridized carbons (Fsp3) is 0.0556. The number of benzene rings is 2. The van der Waals surface area contributed by atoms with E-state index in [1.165, 1.54) is 17.6 Å². The second-order valence-corrected chi connectivity index (χ2v) is 4.88. The van der Waals surface area contributed by atoms with Gasteiger partial charge in [-0.15, -0.1) is 0 Å². The average Bonchev–Trinajstić information content (AvgIpc) is 2.61. The Labute approximate surface area is 139 Å². The SMILES string of the molecule is C=Nc1c(/C=C\C)cccc1NC(=O)c1cccc(C(=O)NO)c1. The summed E-state index contributed by atoms with van der Waals surface area (Å²) in [6.45, 7) is 5.43. The quantitative estimate of drug-likeness (QED) is 0.447. The summed E-state index contributed by atoms with van der Waals surface area (Å²) in [5.41, 5.74) is 3.90. The van der Waals surface area contributed by atoms with E-state index in [0.29, 0.717) is 11.4 Å². The molecule has 0 radical (unpaired) electrons. The lowest BCUT2D eigenvalue weighted by Crippen LogP contribution is -2.19. The van der Waals surface area contributed by atoms with Crippen LogP contribution in [0.5, 0.6) is 0 Å². The summed E-state index contributed by atoms with van der Waals surface area (Å²) in [5.74, 6) is -1.08. The summed E-state index contributed by atoms with van der Waals surface area (Å²) >= 11 is 0. The number of hydroxylamine groups is 1. The molecule has 2 aromatic carbocycles. The minimum absolute atomic E-state index is 0.176. The van der Waals surface area contributed by atoms with Crippen LogP contribution in [0.15, 0.2) is 53.5 Å². The number of nitrogens with one attached hydrogen (secondary N) is 2. The molecule has 6 heteroatoms. The van der Waals surface area contributed by atoms with Gasteiger partial charge in [-0.3, -0.25) is 19.8 Å². The smallest absolute Gasteiger partial charge is 0.274 e. The van der Waals surface area contributed by atoms with Crippen LogP contribution < -0.4 is 10.8 Å². The van der Waals surface area contributed by atoms with Crippen LogP contribution >= 0.6 is 0 Å². The van der Waals surface area contributed by atoms with Crippen LogP contribution in [0.4, 0.5) is 11.4 Å². The fourth-order valence-corrected chi connectivity index (χ4v) is 2.21. The van der Waals surface area contributed by atoms with E-state index in [2.05, 4.69) is 17.0 Å². The molecular formula is C18H17N3O3. The molecule has 3 N–H and O–H groups in total. The van der Waals surface area contributed by atoms with E-state index in [1.807, 2.05) is 25.1 Å². The molecule has 122 valence electrons. The maximum atomic E-state index is 12.4. The van der Waals surface area contributed by atoms with E-state index >= 15 is 0 Å². The summed E-state index contributed by atoms with van der Waals surface area (Å²) in [6.07, 6.45) is 3.73. The lowest BCUT2D eigenvalue weighted by atomic mass is 10.1. The van der Waals surface area contributed by atoms with Crippen molar-refractivity contribution < 1.29 is 14.8 Å². The highest BCUT2D eigenvalue weighted by Crippen LogP contribution is 2.30. The van der Waals surface area contributed by atoms with Gasteiger partial charge in [0, 0.05) is 16.7 Å². The number of rotatable bonds is 5. The van der Waals surface area contributed by atoms with Crippen LogP contribution in [-0.2, 0) is 0 Å². The maximum Gasteiger partial charge on any atom is 0.274 e. The number of hydrogen-bond acceptors (Lipinski definition) is 4. The topological polar surface area (TPSA) is 90.8 Å². The minimum atomic E-state index is -0.687. The Morgan fingerprint density at radius 1 is 1.12 bits per heavy atom. The number of carbonyl (C=O) groups is 2. The maximum absolute atomic E-state index is 12.4. The van der Waals surface area contributed by atoms with Crippen molar-refractivity contribution in [3.63, 3.8) is 0 Å². The van der Waals surface area contributed by atoms with Gasteiger partial charge in [0.05, 0.1) is 11.4 Å². The molecule has 0 fully saturated rings. The molecular weight excluding hydrogens is 306 g/mol. The molecule has 0 bridgehead atoms. The number of nitrogens with zero attached hydrogens (tertiary/aromatic N) is 1. The van der Waals surface area contributed by atoms with Crippen molar-refractivity contribution in [2.45, 2.75) is 6.92 Å². The second kappa shape index (κ2) is 7.85. The molecule has 0 heterocycles. The van der Waals surface area contributed by atoms with Crippen LogP contribution in [0.1, 0.15) is 33.2 Å². The van der Waals surface area contributed by atoms with E-state index in [-0.39, 0.29) is 11.1 Å². The first-order valence-electron chi connectivity index (χ1n) is 7.19. The Bertz CT molecular complexity index is 813. The highest BCUT2D eigenvalue weighted by molar-refractivity contribution is 6.07. The Morgan fingerprint density at radius 2 is 1.79 bits per heavy atom. The van der Waals surface area contributed by atoms with Gasteiger partial charge in [-0.25, -0.2) is 5.48 Å². The van der Waals surface area contributed by atoms with Gasteiger partial charge in [0.15, 0.2) is 0 Å². The summed E-state index contributed by atoms with van der Waals surface area (Å²) in [7, 11) is 0. The first-order chi connectivity index (χ1) is 11.6. The van der Waals surface area contributed by atoms with Crippen molar-refractivity contribution in [2.75, 3.05) is 5.32 Å². The lowest BCUT2D eigenvalue weighted by molar-refractivity contribution is 0.0706. The van der Waals surface area contributed by atoms with E-state index in [9.17, 15) is 9.59 Å². The van der Waals surface area contributed by atoms with Crippen LogP contribution in [0.25, 0.3) is 6.08 Å². The van der Waals surface area contributed by atoms with E-state index in [1.54, 1.807) is 24.3 Å². The van der Waals surface area contributed by atoms with Gasteiger partial charge < -0.3 is 5.32 Å². The number of amides is 2. The first-order valence-corrected chi connectivity index (χ1v) is 7.19. The van der Waals surface area contributed by atoms with E-state index < -0.39 is 11.8 Å². The lowest BCUT2D eigenvalue weighted by Gasteiger charge is -2.11. The molecule has 6 nitrogen and oxygen atoms in total. The molecule has 0 spiro atoms. The molecule has 0 aromatic heterocycles. The third-order valence-electron chi connectivity index (χ3n) is 3.31. The number of allylic oxidation sites excluding steroid dienone is 1. The molecule has 2 amide bonds. The Kier molecular flexibility index (Phi) is 5.59. The zero-order valence-corrected chi connectivity index (χ0v) is 13.1. The average molecular weight is 323 g/mol. The number of anilines is 1. The van der Waals surface area contributed by atoms with Crippen LogP contribution in [-0.4, -0.2) is 23.7 Å². The Balaban J connectivity index is 2.32. The third kappa shape index (κ3) is 3.74. The molecule has 2 aromatic rings. The zero-order chi connectivity index (χ0) is 17.5. The fourth-order valence-electron chi connectivity index (χ4n) is 2.21. The van der Waals surface area contributed by atoms with Crippen molar-refractivity contribution in [1.29, 1.82) is 0 Å². The van der Waals surface area contributed by atoms with Crippen LogP contribution in [0.2, 0.25) is 0 Å². The molecule has 0 saturated carbocycles. The van der Waals surface area contributed by atoms with Gasteiger partial charge in [-0.05, 0) is 37.9 Å². The largest absolute Gasteiger partial charge is 0.320 e. The van der Waals surface area contributed by atoms with Crippen molar-refractivity contribution in [2.24, 2.45) is 4.99 Å². The number of para-hydroxylation sites is 1. The van der Waals surface area contributed by atoms with Gasteiger partial charge in [-0.1, -0.05) is 30.4 Å². The molecule has 0 aliphatic carbocycles. The van der Waals surface area contributed by atoms with E-state index in [4.69, 9.17) is 5.21 Å². The van der Waals surface area contributed by atoms with E-state index in [0.717, 1.165) is 5.56 Å². The Morgan fingerprint density at radius 3 is 2.42 bits per heavy atom. The first kappa shape index (κ1) is 17.1. The number of aliphatic imine (C=N–C) groups is 1. The normalized spacial score (nSPS) is 10.4. The van der Waals surface area contributed by atoms with Gasteiger partial charge in [0.1, 0.15) is 0 Å². The van der Waals surface area contributed by atoms with Crippen molar-refractivity contribution in [3.8, 4) is 0 Å². The summed E-state index contributed by atoms with van der Waals surface area (Å²) in [4.78, 5) is 27.9. The molecule has 0 atom stereocenters. The third-order valence-corrected chi connectivity index (χ3v) is 3.31. The monoisotopic (exact) mass is 323 g/mol. The van der Waals surface area contributed by atoms with Gasteiger partial charge in [0.25, 0.3) is 11.8 Å². The predicted octanol–water partition coefficient (Wildman–Crippen LogP) is 3.42. The molecule has 0 aliphatic rings. The van der Waals surface area contributed by atoms with Gasteiger partial charge >= 0.3 is 0 Å². The summed E-state index contributed by atoms with van der Waals surface area (Å²) in [5, 5.41) is 11.4. The van der Waals surface area contributed by atoms with Gasteiger partial charge in [0.2, 0.25) is 0 Å². The van der Waals surface area contributed by atoms with Crippen molar-refractivity contribution in [3.05, 3.63) is 65.2 Å². The minimum Gasteiger partial charge on any atom is -0.320 e. The van der Waals surface area contributed by atoms with Gasteiger partial charge in [-0.2, -0.15) is 0 Å². The van der Waals surface area contributed by atoms with Crippen molar-refractivity contribution >= 4 is 36.0 Å². The second-order valence-electron chi connectivity index (χ2n) is 4.88. The molecule has 0 unspecified atom stereocenters.